The van der Waals surface area contributed by atoms with Crippen molar-refractivity contribution in [3.8, 4) is 0 Å². The maximum absolute atomic E-state index is 4.98. The van der Waals surface area contributed by atoms with Gasteiger partial charge in [-0.3, -0.25) is 0 Å². The minimum absolute atomic E-state index is 0.208. The van der Waals surface area contributed by atoms with Crippen LogP contribution in [0.1, 0.15) is 13.8 Å². The highest BCUT2D eigenvalue weighted by atomic mass is 16.6. The summed E-state index contributed by atoms with van der Waals surface area (Å²) in [7, 11) is 0. The van der Waals surface area contributed by atoms with Gasteiger partial charge in [0.25, 0.3) is 0 Å². The molecule has 1 fully saturated rings. The van der Waals surface area contributed by atoms with Crippen molar-refractivity contribution in [2.24, 2.45) is 0 Å². The van der Waals surface area contributed by atoms with Crippen LogP contribution in [0.3, 0.4) is 0 Å². The van der Waals surface area contributed by atoms with Crippen molar-refractivity contribution in [3.63, 3.8) is 0 Å². The van der Waals surface area contributed by atoms with Gasteiger partial charge in [0.15, 0.2) is 5.60 Å². The largest absolute Gasteiger partial charge is 0.475 e. The fourth-order valence-electron chi connectivity index (χ4n) is 0.760. The molecule has 0 spiro atoms. The van der Waals surface area contributed by atoms with Gasteiger partial charge in [0.2, 0.25) is 0 Å². The SMILES string of the molecule is CC1=C2OC12C. The third kappa shape index (κ3) is 0.0835. The first-order chi connectivity index (χ1) is 2.75. The Kier molecular flexibility index (Phi) is 0.161. The van der Waals surface area contributed by atoms with Crippen molar-refractivity contribution in [1.29, 1.82) is 0 Å². The predicted octanol–water partition coefficient (Wildman–Crippen LogP) is 1.06. The molecule has 6 heavy (non-hydrogen) atoms. The van der Waals surface area contributed by atoms with Gasteiger partial charge >= 0.3 is 0 Å². The van der Waals surface area contributed by atoms with Gasteiger partial charge in [-0.25, -0.2) is 0 Å². The van der Waals surface area contributed by atoms with Crippen LogP contribution in [-0.4, -0.2) is 5.60 Å². The van der Waals surface area contributed by atoms with Crippen molar-refractivity contribution < 1.29 is 4.74 Å². The van der Waals surface area contributed by atoms with Gasteiger partial charge in [0, 0.05) is 5.57 Å². The number of fused-ring (bicyclic) bond motifs is 1. The summed E-state index contributed by atoms with van der Waals surface area (Å²) >= 11 is 0. The maximum Gasteiger partial charge on any atom is 0.187 e. The van der Waals surface area contributed by atoms with E-state index in [1.54, 1.807) is 0 Å². The van der Waals surface area contributed by atoms with Crippen molar-refractivity contribution in [2.75, 3.05) is 0 Å². The quantitative estimate of drug-likeness (QED) is 0.398. The Labute approximate surface area is 36.6 Å². The van der Waals surface area contributed by atoms with E-state index < -0.39 is 0 Å². The zero-order valence-electron chi connectivity index (χ0n) is 3.91. The van der Waals surface area contributed by atoms with E-state index in [1.807, 2.05) is 0 Å². The normalized spacial score (nSPS) is 47.7. The summed E-state index contributed by atoms with van der Waals surface area (Å²) in [5.74, 6) is 1.24. The molecule has 0 saturated carbocycles. The standard InChI is InChI=1S/C5H6O/c1-3-4-5(3,2)6-4/h1-2H3. The van der Waals surface area contributed by atoms with Crippen molar-refractivity contribution in [2.45, 2.75) is 19.4 Å². The molecule has 1 heterocycles. The highest BCUT2D eigenvalue weighted by Crippen LogP contribution is 2.63. The first kappa shape index (κ1) is 2.67. The van der Waals surface area contributed by atoms with E-state index in [9.17, 15) is 0 Å². The summed E-state index contributed by atoms with van der Waals surface area (Å²) < 4.78 is 4.98. The lowest BCUT2D eigenvalue weighted by molar-refractivity contribution is 0.340. The van der Waals surface area contributed by atoms with Gasteiger partial charge in [0.05, 0.1) is 0 Å². The van der Waals surface area contributed by atoms with Crippen LogP contribution < -0.4 is 0 Å². The zero-order valence-corrected chi connectivity index (χ0v) is 3.91. The first-order valence-corrected chi connectivity index (χ1v) is 2.16. The average Bonchev–Trinajstić information content (AvgIpc) is 2.24. The molecular weight excluding hydrogens is 76.1 g/mol. The first-order valence-electron chi connectivity index (χ1n) is 2.16. The van der Waals surface area contributed by atoms with Crippen LogP contribution in [0, 0.1) is 0 Å². The molecule has 1 heteroatoms. The Morgan fingerprint density at radius 3 is 2.00 bits per heavy atom. The Morgan fingerprint density at radius 1 is 1.67 bits per heavy atom. The van der Waals surface area contributed by atoms with Crippen molar-refractivity contribution >= 4 is 0 Å². The average molecular weight is 82.1 g/mol. The van der Waals surface area contributed by atoms with Gasteiger partial charge < -0.3 is 4.74 Å². The second-order valence-corrected chi connectivity index (χ2v) is 2.09. The molecule has 0 N–H and O–H groups in total. The molecule has 1 nitrogen and oxygen atoms in total. The van der Waals surface area contributed by atoms with E-state index in [-0.39, 0.29) is 5.60 Å². The van der Waals surface area contributed by atoms with Crippen LogP contribution in [0.5, 0.6) is 0 Å². The lowest BCUT2D eigenvalue weighted by Gasteiger charge is -1.87. The summed E-state index contributed by atoms with van der Waals surface area (Å²) in [6.45, 7) is 4.20. The summed E-state index contributed by atoms with van der Waals surface area (Å²) in [6.07, 6.45) is 0. The highest BCUT2D eigenvalue weighted by Gasteiger charge is 2.66. The van der Waals surface area contributed by atoms with E-state index >= 15 is 0 Å². The molecule has 0 aromatic rings. The number of hydrogen-bond acceptors (Lipinski definition) is 1. The maximum atomic E-state index is 4.98. The van der Waals surface area contributed by atoms with Crippen LogP contribution in [-0.2, 0) is 4.74 Å². The topological polar surface area (TPSA) is 12.5 Å². The summed E-state index contributed by atoms with van der Waals surface area (Å²) in [5.41, 5.74) is 1.66. The molecule has 2 rings (SSSR count). The highest BCUT2D eigenvalue weighted by molar-refractivity contribution is 5.57. The number of hydrogen-bond donors (Lipinski definition) is 0. The van der Waals surface area contributed by atoms with Crippen molar-refractivity contribution in [1.82, 2.24) is 0 Å². The van der Waals surface area contributed by atoms with Crippen LogP contribution in [0.4, 0.5) is 0 Å². The molecule has 1 aliphatic carbocycles. The molecule has 0 aromatic carbocycles. The molecule has 0 radical (unpaired) electrons. The van der Waals surface area contributed by atoms with E-state index in [0.717, 1.165) is 0 Å². The third-order valence-corrected chi connectivity index (χ3v) is 1.69. The van der Waals surface area contributed by atoms with Crippen molar-refractivity contribution in [3.05, 3.63) is 11.3 Å². The summed E-state index contributed by atoms with van der Waals surface area (Å²) in [4.78, 5) is 0. The van der Waals surface area contributed by atoms with E-state index in [0.29, 0.717) is 0 Å². The third-order valence-electron chi connectivity index (χ3n) is 1.69. The molecule has 0 amide bonds. The van der Waals surface area contributed by atoms with Crippen LogP contribution >= 0.6 is 0 Å². The summed E-state index contributed by atoms with van der Waals surface area (Å²) in [5, 5.41) is 0. The van der Waals surface area contributed by atoms with E-state index in [2.05, 4.69) is 13.8 Å². The molecule has 32 valence electrons. The molecule has 2 aliphatic rings. The molecule has 1 unspecified atom stereocenters. The molecule has 0 aromatic heterocycles. The lowest BCUT2D eigenvalue weighted by atomic mass is 10.3. The number of rotatable bonds is 0. The van der Waals surface area contributed by atoms with Gasteiger partial charge in [-0.1, -0.05) is 0 Å². The predicted molar refractivity (Wildman–Crippen MR) is 22.2 cm³/mol. The van der Waals surface area contributed by atoms with Gasteiger partial charge in [0.1, 0.15) is 5.76 Å². The second-order valence-electron chi connectivity index (χ2n) is 2.09. The molecule has 1 atom stereocenters. The number of ether oxygens (including phenoxy) is 1. The lowest BCUT2D eigenvalue weighted by Crippen LogP contribution is -1.89. The van der Waals surface area contributed by atoms with Gasteiger partial charge in [-0.05, 0) is 13.8 Å². The van der Waals surface area contributed by atoms with E-state index in [1.165, 1.54) is 11.3 Å². The van der Waals surface area contributed by atoms with Crippen LogP contribution in [0.25, 0.3) is 0 Å². The summed E-state index contributed by atoms with van der Waals surface area (Å²) in [6, 6.07) is 0. The molecule has 0 bridgehead atoms. The Bertz CT molecular complexity index is 138. The zero-order chi connectivity index (χ0) is 4.36. The Morgan fingerprint density at radius 2 is 2.00 bits per heavy atom. The van der Waals surface area contributed by atoms with Gasteiger partial charge in [-0.2, -0.15) is 0 Å². The Balaban J connectivity index is 2.44. The molecular formula is C5H6O. The van der Waals surface area contributed by atoms with Gasteiger partial charge in [-0.15, -0.1) is 0 Å². The molecule has 1 saturated heterocycles. The molecule has 1 aliphatic heterocycles. The minimum atomic E-state index is 0.208. The fraction of sp³-hybridized carbons (Fsp3) is 0.600. The fourth-order valence-corrected chi connectivity index (χ4v) is 0.760. The van der Waals surface area contributed by atoms with Crippen LogP contribution in [0.2, 0.25) is 0 Å². The second kappa shape index (κ2) is 0.362. The van der Waals surface area contributed by atoms with E-state index in [4.69, 9.17) is 4.74 Å². The van der Waals surface area contributed by atoms with Crippen LogP contribution in [0.15, 0.2) is 11.3 Å². The Hall–Kier alpha value is -0.460. The smallest absolute Gasteiger partial charge is 0.187 e. The number of epoxide rings is 1. The minimum Gasteiger partial charge on any atom is -0.475 e. The monoisotopic (exact) mass is 82.0 g/mol.